The quantitative estimate of drug-likeness (QED) is 0.144. The van der Waals surface area contributed by atoms with Gasteiger partial charge in [-0.25, -0.2) is 4.98 Å². The summed E-state index contributed by atoms with van der Waals surface area (Å²) in [6, 6.07) is 25.8. The Labute approximate surface area is 237 Å². The number of benzene rings is 3. The van der Waals surface area contributed by atoms with Crippen LogP contribution in [0.1, 0.15) is 62.7 Å². The number of nitriles is 1. The molecule has 0 aliphatic rings. The maximum absolute atomic E-state index is 13.8. The fourth-order valence-corrected chi connectivity index (χ4v) is 5.46. The van der Waals surface area contributed by atoms with Crippen LogP contribution in [-0.4, -0.2) is 27.8 Å². The Balaban J connectivity index is 1.44. The molecule has 5 rings (SSSR count). The SMILES string of the molecule is CCCCNC(=O)c1cc2cc(NC(C(=O)c3ccccc3)c3cncn3Cc3ccc(C#N)cc3)ccc2s1. The van der Waals surface area contributed by atoms with Gasteiger partial charge in [0.25, 0.3) is 5.91 Å². The number of hydrogen-bond donors (Lipinski definition) is 2. The highest BCUT2D eigenvalue weighted by Gasteiger charge is 2.26. The molecule has 0 radical (unpaired) electrons. The molecule has 0 spiro atoms. The summed E-state index contributed by atoms with van der Waals surface area (Å²) in [6.45, 7) is 3.26. The highest BCUT2D eigenvalue weighted by Crippen LogP contribution is 2.31. The van der Waals surface area contributed by atoms with Gasteiger partial charge in [-0.3, -0.25) is 9.59 Å². The van der Waals surface area contributed by atoms with Crippen molar-refractivity contribution in [1.82, 2.24) is 14.9 Å². The minimum absolute atomic E-state index is 0.0620. The third-order valence-electron chi connectivity index (χ3n) is 6.66. The lowest BCUT2D eigenvalue weighted by Crippen LogP contribution is -2.24. The lowest BCUT2D eigenvalue weighted by molar-refractivity contribution is 0.0952. The number of unbranched alkanes of at least 4 members (excludes halogenated alkanes) is 1. The standard InChI is InChI=1S/C32H29N5O2S/c1-2-3-15-35-32(39)29-17-25-16-26(13-14-28(25)40-29)36-30(31(38)24-7-5-4-6-8-24)27-19-34-21-37(27)20-23-11-9-22(18-33)10-12-23/h4-14,16-17,19,21,30,36H,2-3,15,20H2,1H3,(H,35,39). The minimum atomic E-state index is -0.698. The number of nitrogens with one attached hydrogen (secondary N) is 2. The molecule has 2 N–H and O–H groups in total. The molecule has 7 nitrogen and oxygen atoms in total. The number of thiophene rings is 1. The van der Waals surface area contributed by atoms with Gasteiger partial charge in [-0.15, -0.1) is 11.3 Å². The largest absolute Gasteiger partial charge is 0.370 e. The van der Waals surface area contributed by atoms with Crippen molar-refractivity contribution in [2.75, 3.05) is 11.9 Å². The van der Waals surface area contributed by atoms with Gasteiger partial charge in [-0.1, -0.05) is 55.8 Å². The monoisotopic (exact) mass is 547 g/mol. The first kappa shape index (κ1) is 26.9. The number of hydrogen-bond acceptors (Lipinski definition) is 6. The second kappa shape index (κ2) is 12.4. The molecule has 40 heavy (non-hydrogen) atoms. The van der Waals surface area contributed by atoms with Gasteiger partial charge in [0.05, 0.1) is 34.7 Å². The predicted octanol–water partition coefficient (Wildman–Crippen LogP) is 6.58. The van der Waals surface area contributed by atoms with Gasteiger partial charge in [-0.2, -0.15) is 5.26 Å². The van der Waals surface area contributed by atoms with E-state index >= 15 is 0 Å². The Morgan fingerprint density at radius 2 is 1.85 bits per heavy atom. The lowest BCUT2D eigenvalue weighted by atomic mass is 10.0. The maximum Gasteiger partial charge on any atom is 0.261 e. The summed E-state index contributed by atoms with van der Waals surface area (Å²) in [6.07, 6.45) is 5.40. The van der Waals surface area contributed by atoms with Crippen LogP contribution in [0.4, 0.5) is 5.69 Å². The first-order valence-electron chi connectivity index (χ1n) is 13.2. The van der Waals surface area contributed by atoms with E-state index in [-0.39, 0.29) is 11.7 Å². The van der Waals surface area contributed by atoms with E-state index in [1.54, 1.807) is 24.7 Å². The molecule has 1 atom stereocenters. The van der Waals surface area contributed by atoms with Gasteiger partial charge in [0.15, 0.2) is 5.78 Å². The zero-order valence-electron chi connectivity index (χ0n) is 22.1. The van der Waals surface area contributed by atoms with Crippen LogP contribution in [0.3, 0.4) is 0 Å². The summed E-state index contributed by atoms with van der Waals surface area (Å²) in [5.74, 6) is -0.142. The highest BCUT2D eigenvalue weighted by atomic mass is 32.1. The number of nitrogens with zero attached hydrogens (tertiary/aromatic N) is 3. The average Bonchev–Trinajstić information content (AvgIpc) is 3.63. The fourth-order valence-electron chi connectivity index (χ4n) is 4.51. The van der Waals surface area contributed by atoms with Crippen LogP contribution in [0.15, 0.2) is 91.4 Å². The molecule has 0 bridgehead atoms. The van der Waals surface area contributed by atoms with Crippen LogP contribution in [0.5, 0.6) is 0 Å². The lowest BCUT2D eigenvalue weighted by Gasteiger charge is -2.21. The van der Waals surface area contributed by atoms with E-state index in [9.17, 15) is 9.59 Å². The number of aromatic nitrogens is 2. The van der Waals surface area contributed by atoms with E-state index in [1.807, 2.05) is 71.3 Å². The Kier molecular flexibility index (Phi) is 8.33. The topological polar surface area (TPSA) is 99.8 Å². The molecule has 2 aromatic heterocycles. The normalized spacial score (nSPS) is 11.6. The minimum Gasteiger partial charge on any atom is -0.370 e. The zero-order chi connectivity index (χ0) is 27.9. The molecular weight excluding hydrogens is 518 g/mol. The Morgan fingerprint density at radius 1 is 1.05 bits per heavy atom. The third-order valence-corrected chi connectivity index (χ3v) is 7.78. The summed E-state index contributed by atoms with van der Waals surface area (Å²) in [7, 11) is 0. The van der Waals surface area contributed by atoms with Gasteiger partial charge in [0, 0.05) is 29.0 Å². The van der Waals surface area contributed by atoms with Crippen LogP contribution < -0.4 is 10.6 Å². The number of fused-ring (bicyclic) bond motifs is 1. The molecule has 3 aromatic carbocycles. The van der Waals surface area contributed by atoms with Crippen LogP contribution in [-0.2, 0) is 6.54 Å². The average molecular weight is 548 g/mol. The second-order valence-electron chi connectivity index (χ2n) is 9.54. The molecule has 1 amide bonds. The summed E-state index contributed by atoms with van der Waals surface area (Å²) < 4.78 is 2.95. The molecule has 5 aromatic rings. The van der Waals surface area contributed by atoms with Gasteiger partial charge in [-0.05, 0) is 53.8 Å². The second-order valence-corrected chi connectivity index (χ2v) is 10.6. The zero-order valence-corrected chi connectivity index (χ0v) is 22.9. The van der Waals surface area contributed by atoms with E-state index in [0.717, 1.165) is 39.9 Å². The summed E-state index contributed by atoms with van der Waals surface area (Å²) in [5, 5.41) is 16.5. The maximum atomic E-state index is 13.8. The molecule has 200 valence electrons. The number of imidazole rings is 1. The van der Waals surface area contributed by atoms with Crippen LogP contribution >= 0.6 is 11.3 Å². The molecule has 0 saturated heterocycles. The number of amides is 1. The third kappa shape index (κ3) is 6.11. The Morgan fingerprint density at radius 3 is 2.60 bits per heavy atom. The summed E-state index contributed by atoms with van der Waals surface area (Å²) in [4.78, 5) is 31.5. The van der Waals surface area contributed by atoms with Crippen molar-refractivity contribution in [3.05, 3.63) is 119 Å². The van der Waals surface area contributed by atoms with Gasteiger partial charge < -0.3 is 15.2 Å². The first-order valence-corrected chi connectivity index (χ1v) is 14.0. The number of ketones is 1. The predicted molar refractivity (Wildman–Crippen MR) is 159 cm³/mol. The van der Waals surface area contributed by atoms with Crippen molar-refractivity contribution in [3.8, 4) is 6.07 Å². The molecule has 0 aliphatic carbocycles. The fraction of sp³-hybridized carbons (Fsp3) is 0.188. The smallest absolute Gasteiger partial charge is 0.261 e. The molecular formula is C32H29N5O2S. The van der Waals surface area contributed by atoms with E-state index in [1.165, 1.54) is 11.3 Å². The van der Waals surface area contributed by atoms with Gasteiger partial charge in [0.1, 0.15) is 6.04 Å². The molecule has 0 fully saturated rings. The van der Waals surface area contributed by atoms with Crippen LogP contribution in [0, 0.1) is 11.3 Å². The molecule has 1 unspecified atom stereocenters. The van der Waals surface area contributed by atoms with Crippen LogP contribution in [0.25, 0.3) is 10.1 Å². The highest BCUT2D eigenvalue weighted by molar-refractivity contribution is 7.20. The summed E-state index contributed by atoms with van der Waals surface area (Å²) in [5.41, 5.74) is 3.67. The van der Waals surface area contributed by atoms with E-state index in [0.29, 0.717) is 29.1 Å². The Hall–Kier alpha value is -4.74. The van der Waals surface area contributed by atoms with E-state index < -0.39 is 6.04 Å². The number of carbonyl (C=O) groups excluding carboxylic acids is 2. The van der Waals surface area contributed by atoms with Gasteiger partial charge in [0.2, 0.25) is 0 Å². The van der Waals surface area contributed by atoms with Crippen molar-refractivity contribution < 1.29 is 9.59 Å². The molecule has 0 aliphatic heterocycles. The number of rotatable bonds is 11. The Bertz CT molecular complexity index is 1670. The van der Waals surface area contributed by atoms with E-state index in [2.05, 4.69) is 28.6 Å². The van der Waals surface area contributed by atoms with Crippen molar-refractivity contribution >= 4 is 38.8 Å². The van der Waals surface area contributed by atoms with Crippen molar-refractivity contribution in [2.24, 2.45) is 0 Å². The molecule has 0 saturated carbocycles. The number of carbonyl (C=O) groups is 2. The summed E-state index contributed by atoms with van der Waals surface area (Å²) >= 11 is 1.46. The van der Waals surface area contributed by atoms with Crippen molar-refractivity contribution in [2.45, 2.75) is 32.4 Å². The van der Waals surface area contributed by atoms with E-state index in [4.69, 9.17) is 5.26 Å². The van der Waals surface area contributed by atoms with Gasteiger partial charge >= 0.3 is 0 Å². The molecule has 2 heterocycles. The van der Waals surface area contributed by atoms with Crippen molar-refractivity contribution in [1.29, 1.82) is 5.26 Å². The number of Topliss-reactive ketones (excluding diaryl/α,β-unsaturated/α-hetero) is 1. The first-order chi connectivity index (χ1) is 19.6. The van der Waals surface area contributed by atoms with Crippen molar-refractivity contribution in [3.63, 3.8) is 0 Å². The van der Waals surface area contributed by atoms with Crippen LogP contribution in [0.2, 0.25) is 0 Å². The number of anilines is 1. The molecule has 8 heteroatoms.